The smallest absolute Gasteiger partial charge is 0.0534 e. The van der Waals surface area contributed by atoms with Gasteiger partial charge in [-0.2, -0.15) is 5.10 Å². The molecule has 1 aromatic rings. The first-order chi connectivity index (χ1) is 9.80. The lowest BCUT2D eigenvalue weighted by molar-refractivity contribution is 0.159. The number of nitrogens with one attached hydrogen (secondary N) is 1. The topological polar surface area (TPSA) is 33.1 Å². The van der Waals surface area contributed by atoms with Crippen LogP contribution in [0, 0.1) is 0 Å². The van der Waals surface area contributed by atoms with Crippen molar-refractivity contribution in [1.82, 2.24) is 20.0 Å². The van der Waals surface area contributed by atoms with Crippen molar-refractivity contribution < 1.29 is 0 Å². The lowest BCUT2D eigenvalue weighted by Crippen LogP contribution is -2.52. The second-order valence-electron chi connectivity index (χ2n) is 6.54. The third-order valence-corrected chi connectivity index (χ3v) is 4.90. The van der Waals surface area contributed by atoms with Crippen LogP contribution in [0.1, 0.15) is 51.0 Å². The van der Waals surface area contributed by atoms with E-state index in [-0.39, 0.29) is 0 Å². The van der Waals surface area contributed by atoms with Crippen LogP contribution in [0.25, 0.3) is 0 Å². The van der Waals surface area contributed by atoms with Gasteiger partial charge in [-0.25, -0.2) is 0 Å². The van der Waals surface area contributed by atoms with Crippen LogP contribution in [-0.2, 0) is 13.1 Å². The molecule has 0 bridgehead atoms. The normalized spacial score (nSPS) is 23.9. The molecular weight excluding hydrogens is 248 g/mol. The van der Waals surface area contributed by atoms with E-state index in [4.69, 9.17) is 0 Å². The van der Waals surface area contributed by atoms with E-state index in [1.54, 1.807) is 0 Å². The molecule has 4 heteroatoms. The Kier molecular flexibility index (Phi) is 4.41. The molecular formula is C16H28N4. The monoisotopic (exact) mass is 276 g/mol. The van der Waals surface area contributed by atoms with Crippen molar-refractivity contribution in [2.24, 2.45) is 0 Å². The van der Waals surface area contributed by atoms with E-state index >= 15 is 0 Å². The number of nitrogens with zero attached hydrogens (tertiary/aromatic N) is 3. The fraction of sp³-hybridized carbons (Fsp3) is 0.812. The fourth-order valence-electron chi connectivity index (χ4n) is 3.84. The summed E-state index contributed by atoms with van der Waals surface area (Å²) in [6, 6.07) is 0. The maximum Gasteiger partial charge on any atom is 0.0534 e. The average molecular weight is 276 g/mol. The van der Waals surface area contributed by atoms with Gasteiger partial charge < -0.3 is 5.32 Å². The first kappa shape index (κ1) is 14.1. The summed E-state index contributed by atoms with van der Waals surface area (Å²) in [5.74, 6) is 0. The molecule has 1 spiro atoms. The van der Waals surface area contributed by atoms with E-state index in [0.29, 0.717) is 5.54 Å². The first-order valence-electron chi connectivity index (χ1n) is 8.28. The molecule has 20 heavy (non-hydrogen) atoms. The van der Waals surface area contributed by atoms with Crippen LogP contribution in [0.4, 0.5) is 0 Å². The molecule has 3 rings (SSSR count). The third-order valence-electron chi connectivity index (χ3n) is 4.90. The van der Waals surface area contributed by atoms with E-state index in [1.807, 2.05) is 10.9 Å². The lowest BCUT2D eigenvalue weighted by atomic mass is 9.81. The molecule has 0 unspecified atom stereocenters. The molecule has 1 saturated carbocycles. The van der Waals surface area contributed by atoms with Crippen LogP contribution in [0.5, 0.6) is 0 Å². The Morgan fingerprint density at radius 1 is 1.25 bits per heavy atom. The summed E-state index contributed by atoms with van der Waals surface area (Å²) in [6.07, 6.45) is 12.4. The minimum absolute atomic E-state index is 0.398. The molecule has 112 valence electrons. The van der Waals surface area contributed by atoms with E-state index in [1.165, 1.54) is 63.7 Å². The van der Waals surface area contributed by atoms with Gasteiger partial charge in [0.1, 0.15) is 0 Å². The van der Waals surface area contributed by atoms with Gasteiger partial charge in [0.05, 0.1) is 6.20 Å². The van der Waals surface area contributed by atoms with Gasteiger partial charge in [-0.05, 0) is 39.3 Å². The van der Waals surface area contributed by atoms with E-state index < -0.39 is 0 Å². The number of hydrogen-bond acceptors (Lipinski definition) is 3. The molecule has 0 amide bonds. The van der Waals surface area contributed by atoms with Gasteiger partial charge in [-0.1, -0.05) is 19.3 Å². The highest BCUT2D eigenvalue weighted by Crippen LogP contribution is 2.30. The van der Waals surface area contributed by atoms with E-state index in [9.17, 15) is 0 Å². The maximum atomic E-state index is 4.40. The summed E-state index contributed by atoms with van der Waals surface area (Å²) in [4.78, 5) is 2.64. The molecule has 2 heterocycles. The SMILES string of the molecule is CCn1cc(CN2CCCNC3(CCCCC3)C2)cn1. The van der Waals surface area contributed by atoms with Crippen LogP contribution in [0.15, 0.2) is 12.4 Å². The Morgan fingerprint density at radius 2 is 2.10 bits per heavy atom. The molecule has 4 nitrogen and oxygen atoms in total. The Balaban J connectivity index is 1.65. The van der Waals surface area contributed by atoms with Crippen molar-refractivity contribution in [3.8, 4) is 0 Å². The number of rotatable bonds is 3. The van der Waals surface area contributed by atoms with Crippen molar-refractivity contribution >= 4 is 0 Å². The van der Waals surface area contributed by atoms with Crippen molar-refractivity contribution in [3.05, 3.63) is 18.0 Å². The zero-order valence-corrected chi connectivity index (χ0v) is 12.8. The molecule has 1 aliphatic heterocycles. The molecule has 1 N–H and O–H groups in total. The standard InChI is InChI=1S/C16H28N4/c1-2-20-13-15(11-18-20)12-19-10-6-9-17-16(14-19)7-4-3-5-8-16/h11,13,17H,2-10,12,14H2,1H3. The van der Waals surface area contributed by atoms with Gasteiger partial charge in [0, 0.05) is 36.9 Å². The Bertz CT molecular complexity index is 420. The second kappa shape index (κ2) is 6.27. The van der Waals surface area contributed by atoms with Gasteiger partial charge in [0.25, 0.3) is 0 Å². The van der Waals surface area contributed by atoms with Crippen LogP contribution in [0.3, 0.4) is 0 Å². The summed E-state index contributed by atoms with van der Waals surface area (Å²) in [7, 11) is 0. The Hall–Kier alpha value is -0.870. The highest BCUT2D eigenvalue weighted by atomic mass is 15.3. The summed E-state index contributed by atoms with van der Waals surface area (Å²) in [6.45, 7) is 7.78. The summed E-state index contributed by atoms with van der Waals surface area (Å²) >= 11 is 0. The summed E-state index contributed by atoms with van der Waals surface area (Å²) in [5, 5.41) is 8.27. The van der Waals surface area contributed by atoms with Gasteiger partial charge in [-0.15, -0.1) is 0 Å². The minimum Gasteiger partial charge on any atom is -0.310 e. The number of aromatic nitrogens is 2. The fourth-order valence-corrected chi connectivity index (χ4v) is 3.84. The van der Waals surface area contributed by atoms with E-state index in [2.05, 4.69) is 28.4 Å². The van der Waals surface area contributed by atoms with Crippen LogP contribution < -0.4 is 5.32 Å². The molecule has 1 saturated heterocycles. The first-order valence-corrected chi connectivity index (χ1v) is 8.28. The van der Waals surface area contributed by atoms with Gasteiger partial charge in [-0.3, -0.25) is 9.58 Å². The van der Waals surface area contributed by atoms with Gasteiger partial charge in [0.2, 0.25) is 0 Å². The number of aryl methyl sites for hydroxylation is 1. The van der Waals surface area contributed by atoms with Crippen LogP contribution >= 0.6 is 0 Å². The van der Waals surface area contributed by atoms with Crippen molar-refractivity contribution in [3.63, 3.8) is 0 Å². The van der Waals surface area contributed by atoms with Crippen LogP contribution in [-0.4, -0.2) is 39.9 Å². The van der Waals surface area contributed by atoms with Crippen molar-refractivity contribution in [2.45, 2.75) is 64.1 Å². The largest absolute Gasteiger partial charge is 0.310 e. The quantitative estimate of drug-likeness (QED) is 0.920. The second-order valence-corrected chi connectivity index (χ2v) is 6.54. The summed E-state index contributed by atoms with van der Waals surface area (Å²) < 4.78 is 2.03. The lowest BCUT2D eigenvalue weighted by Gasteiger charge is -2.40. The minimum atomic E-state index is 0.398. The van der Waals surface area contributed by atoms with Crippen molar-refractivity contribution in [2.75, 3.05) is 19.6 Å². The highest BCUT2D eigenvalue weighted by molar-refractivity contribution is 5.05. The number of hydrogen-bond donors (Lipinski definition) is 1. The van der Waals surface area contributed by atoms with Gasteiger partial charge >= 0.3 is 0 Å². The molecule has 2 aliphatic rings. The molecule has 1 aliphatic carbocycles. The molecule has 1 aromatic heterocycles. The third kappa shape index (κ3) is 3.23. The predicted octanol–water partition coefficient (Wildman–Crippen LogP) is 2.40. The molecule has 0 aromatic carbocycles. The molecule has 2 fully saturated rings. The summed E-state index contributed by atoms with van der Waals surface area (Å²) in [5.41, 5.74) is 1.76. The predicted molar refractivity (Wildman–Crippen MR) is 81.6 cm³/mol. The Morgan fingerprint density at radius 3 is 2.85 bits per heavy atom. The zero-order valence-electron chi connectivity index (χ0n) is 12.8. The van der Waals surface area contributed by atoms with Gasteiger partial charge in [0.15, 0.2) is 0 Å². The van der Waals surface area contributed by atoms with E-state index in [0.717, 1.165) is 13.1 Å². The highest BCUT2D eigenvalue weighted by Gasteiger charge is 2.34. The average Bonchev–Trinajstić information content (AvgIpc) is 2.83. The molecule has 0 radical (unpaired) electrons. The molecule has 0 atom stereocenters. The zero-order chi connectivity index (χ0) is 13.8. The van der Waals surface area contributed by atoms with Crippen molar-refractivity contribution in [1.29, 1.82) is 0 Å². The Labute approximate surface area is 122 Å². The van der Waals surface area contributed by atoms with Crippen LogP contribution in [0.2, 0.25) is 0 Å². The maximum absolute atomic E-state index is 4.40.